The molecule has 0 fully saturated rings. The summed E-state index contributed by atoms with van der Waals surface area (Å²) >= 11 is 0. The number of aryl methyl sites for hydroxylation is 2. The maximum Gasteiger partial charge on any atom is 0.262 e. The third-order valence-electron chi connectivity index (χ3n) is 4.73. The van der Waals surface area contributed by atoms with E-state index in [-0.39, 0.29) is 24.0 Å². The molecule has 0 aliphatic rings. The van der Waals surface area contributed by atoms with Crippen molar-refractivity contribution in [3.8, 4) is 6.07 Å². The Bertz CT molecular complexity index is 938. The maximum atomic E-state index is 13.6. The fourth-order valence-corrected chi connectivity index (χ4v) is 3.27. The van der Waals surface area contributed by atoms with Gasteiger partial charge < -0.3 is 14.6 Å². The summed E-state index contributed by atoms with van der Waals surface area (Å²) in [7, 11) is 1.66. The minimum Gasteiger partial charge on any atom is -0.383 e. The topological polar surface area (TPSA) is 67.0 Å². The van der Waals surface area contributed by atoms with Gasteiger partial charge in [0.25, 0.3) is 5.91 Å². The minimum atomic E-state index is -0.488. The highest BCUT2D eigenvalue weighted by molar-refractivity contribution is 6.01. The fraction of sp³-hybridized carbons (Fsp3) is 0.364. The lowest BCUT2D eigenvalue weighted by molar-refractivity contribution is -0.117. The number of methoxy groups -OCH3 is 1. The Labute approximate surface area is 165 Å². The number of halogens is 1. The van der Waals surface area contributed by atoms with Crippen LogP contribution in [0.15, 0.2) is 29.8 Å². The Kier molecular flexibility index (Phi) is 7.13. The number of rotatable bonds is 7. The van der Waals surface area contributed by atoms with Crippen molar-refractivity contribution in [3.63, 3.8) is 0 Å². The molecule has 0 bridgehead atoms. The van der Waals surface area contributed by atoms with Crippen LogP contribution in [0.25, 0.3) is 6.08 Å². The summed E-state index contributed by atoms with van der Waals surface area (Å²) in [6.07, 6.45) is 1.59. The lowest BCUT2D eigenvalue weighted by Crippen LogP contribution is -2.24. The quantitative estimate of drug-likeness (QED) is 0.581. The van der Waals surface area contributed by atoms with Gasteiger partial charge in [-0.3, -0.25) is 4.79 Å². The number of amides is 1. The summed E-state index contributed by atoms with van der Waals surface area (Å²) in [5.41, 5.74) is 4.00. The lowest BCUT2D eigenvalue weighted by atomic mass is 10.1. The van der Waals surface area contributed by atoms with Gasteiger partial charge in [-0.25, -0.2) is 4.39 Å². The van der Waals surface area contributed by atoms with Crippen LogP contribution >= 0.6 is 0 Å². The van der Waals surface area contributed by atoms with Crippen molar-refractivity contribution in [2.45, 2.75) is 40.3 Å². The van der Waals surface area contributed by atoms with Crippen molar-refractivity contribution >= 4 is 12.0 Å². The van der Waals surface area contributed by atoms with E-state index in [4.69, 9.17) is 4.74 Å². The third kappa shape index (κ3) is 4.87. The highest BCUT2D eigenvalue weighted by atomic mass is 19.1. The monoisotopic (exact) mass is 383 g/mol. The van der Waals surface area contributed by atoms with E-state index >= 15 is 0 Å². The van der Waals surface area contributed by atoms with Gasteiger partial charge in [0.2, 0.25) is 0 Å². The van der Waals surface area contributed by atoms with Crippen molar-refractivity contribution in [2.75, 3.05) is 13.7 Å². The highest BCUT2D eigenvalue weighted by Gasteiger charge is 2.15. The zero-order valence-corrected chi connectivity index (χ0v) is 17.0. The van der Waals surface area contributed by atoms with E-state index < -0.39 is 5.91 Å². The molecular formula is C22H26FN3O2. The highest BCUT2D eigenvalue weighted by Crippen LogP contribution is 2.23. The first-order valence-corrected chi connectivity index (χ1v) is 9.10. The van der Waals surface area contributed by atoms with Crippen molar-refractivity contribution < 1.29 is 13.9 Å². The molecule has 28 heavy (non-hydrogen) atoms. The summed E-state index contributed by atoms with van der Waals surface area (Å²) in [5, 5.41) is 12.1. The van der Waals surface area contributed by atoms with Gasteiger partial charge in [-0.15, -0.1) is 0 Å². The molecule has 1 atom stereocenters. The number of hydrogen-bond acceptors (Lipinski definition) is 3. The van der Waals surface area contributed by atoms with Crippen LogP contribution in [0.3, 0.4) is 0 Å². The van der Waals surface area contributed by atoms with E-state index in [1.165, 1.54) is 6.07 Å². The molecule has 0 saturated carbocycles. The van der Waals surface area contributed by atoms with Gasteiger partial charge in [0.1, 0.15) is 17.5 Å². The molecule has 5 nitrogen and oxygen atoms in total. The van der Waals surface area contributed by atoms with Gasteiger partial charge in [-0.1, -0.05) is 12.1 Å². The molecule has 1 heterocycles. The van der Waals surface area contributed by atoms with E-state index in [2.05, 4.69) is 16.8 Å². The van der Waals surface area contributed by atoms with Gasteiger partial charge in [-0.2, -0.15) is 5.26 Å². The Morgan fingerprint density at radius 3 is 2.68 bits per heavy atom. The Morgan fingerprint density at radius 2 is 2.07 bits per heavy atom. The second-order valence-electron chi connectivity index (χ2n) is 6.94. The number of nitrogens with zero attached hydrogens (tertiary/aromatic N) is 2. The maximum absolute atomic E-state index is 13.6. The number of ether oxygens (including phenoxy) is 1. The van der Waals surface area contributed by atoms with Crippen LogP contribution in [0.1, 0.15) is 41.0 Å². The van der Waals surface area contributed by atoms with Crippen LogP contribution in [0.2, 0.25) is 0 Å². The van der Waals surface area contributed by atoms with E-state index in [0.717, 1.165) is 17.0 Å². The Morgan fingerprint density at radius 1 is 1.36 bits per heavy atom. The molecule has 0 aliphatic carbocycles. The first kappa shape index (κ1) is 21.4. The van der Waals surface area contributed by atoms with Gasteiger partial charge in [0, 0.05) is 25.0 Å². The molecule has 0 radical (unpaired) electrons. The van der Waals surface area contributed by atoms with Gasteiger partial charge in [0.05, 0.1) is 12.6 Å². The van der Waals surface area contributed by atoms with Crippen molar-refractivity contribution in [1.29, 1.82) is 5.26 Å². The lowest BCUT2D eigenvalue weighted by Gasteiger charge is -2.17. The molecule has 0 aliphatic heterocycles. The third-order valence-corrected chi connectivity index (χ3v) is 4.73. The van der Waals surface area contributed by atoms with Crippen LogP contribution in [0.4, 0.5) is 4.39 Å². The molecule has 0 spiro atoms. The van der Waals surface area contributed by atoms with E-state index in [9.17, 15) is 14.4 Å². The fourth-order valence-electron chi connectivity index (χ4n) is 3.27. The molecule has 148 valence electrons. The molecule has 1 amide bonds. The van der Waals surface area contributed by atoms with Crippen LogP contribution in [0, 0.1) is 37.9 Å². The molecule has 2 rings (SSSR count). The molecule has 1 aromatic carbocycles. The summed E-state index contributed by atoms with van der Waals surface area (Å²) in [5.74, 6) is -0.807. The Hall–Kier alpha value is -2.91. The smallest absolute Gasteiger partial charge is 0.262 e. The number of nitriles is 1. The van der Waals surface area contributed by atoms with E-state index in [1.807, 2.05) is 26.0 Å². The number of carbonyl (C=O) groups is 1. The largest absolute Gasteiger partial charge is 0.383 e. The van der Waals surface area contributed by atoms with Gasteiger partial charge in [0.15, 0.2) is 0 Å². The van der Waals surface area contributed by atoms with Crippen LogP contribution < -0.4 is 5.32 Å². The van der Waals surface area contributed by atoms with Crippen molar-refractivity contribution in [1.82, 2.24) is 9.88 Å². The molecule has 1 N–H and O–H groups in total. The number of aromatic nitrogens is 1. The molecular weight excluding hydrogens is 357 g/mol. The number of carbonyl (C=O) groups excluding carboxylic acids is 1. The molecule has 0 saturated heterocycles. The first-order valence-electron chi connectivity index (χ1n) is 9.10. The number of nitrogens with one attached hydrogen (secondary N) is 1. The molecule has 6 heteroatoms. The zero-order valence-electron chi connectivity index (χ0n) is 17.0. The molecule has 1 aromatic heterocycles. The predicted octanol–water partition coefficient (Wildman–Crippen LogP) is 3.98. The number of hydrogen-bond donors (Lipinski definition) is 1. The average molecular weight is 383 g/mol. The molecule has 2 aromatic rings. The summed E-state index contributed by atoms with van der Waals surface area (Å²) in [6, 6.07) is 8.84. The summed E-state index contributed by atoms with van der Waals surface area (Å²) in [4.78, 5) is 12.4. The SMILES string of the molecule is COCC(C)n1c(C)cc(/C=C(\C#N)C(=O)NCc2ccc(C)c(F)c2)c1C. The van der Waals surface area contributed by atoms with Crippen LogP contribution in [-0.2, 0) is 16.1 Å². The average Bonchev–Trinajstić information content (AvgIpc) is 2.93. The molecule has 1 unspecified atom stereocenters. The predicted molar refractivity (Wildman–Crippen MR) is 107 cm³/mol. The van der Waals surface area contributed by atoms with Crippen molar-refractivity contribution in [2.24, 2.45) is 0 Å². The Balaban J connectivity index is 2.19. The van der Waals surface area contributed by atoms with Gasteiger partial charge >= 0.3 is 0 Å². The van der Waals surface area contributed by atoms with Crippen LogP contribution in [-0.4, -0.2) is 24.2 Å². The zero-order chi connectivity index (χ0) is 20.8. The summed E-state index contributed by atoms with van der Waals surface area (Å²) in [6.45, 7) is 8.38. The van der Waals surface area contributed by atoms with Crippen LogP contribution in [0.5, 0.6) is 0 Å². The van der Waals surface area contributed by atoms with E-state index in [1.54, 1.807) is 32.2 Å². The first-order chi connectivity index (χ1) is 13.3. The van der Waals surface area contributed by atoms with Gasteiger partial charge in [-0.05, 0) is 62.6 Å². The summed E-state index contributed by atoms with van der Waals surface area (Å²) < 4.78 is 21.0. The standard InChI is InChI=1S/C22H26FN3O2/c1-14-6-7-18(9-21(14)23)12-25-22(27)20(11-24)10-19-8-15(2)26(17(19)4)16(3)13-28-5/h6-10,16H,12-13H2,1-5H3,(H,25,27)/b20-10+. The normalized spacial score (nSPS) is 12.5. The number of benzene rings is 1. The second kappa shape index (κ2) is 9.34. The second-order valence-corrected chi connectivity index (χ2v) is 6.94. The van der Waals surface area contributed by atoms with E-state index in [0.29, 0.717) is 17.7 Å². The van der Waals surface area contributed by atoms with Crippen molar-refractivity contribution in [3.05, 3.63) is 63.7 Å². The minimum absolute atomic E-state index is 0.00669.